The van der Waals surface area contributed by atoms with Gasteiger partial charge in [0, 0.05) is 39.4 Å². The summed E-state index contributed by atoms with van der Waals surface area (Å²) < 4.78 is 16.8. The molecule has 0 aromatic carbocycles. The summed E-state index contributed by atoms with van der Waals surface area (Å²) in [7, 11) is 0. The van der Waals surface area contributed by atoms with Crippen molar-refractivity contribution in [3.05, 3.63) is 0 Å². The molecule has 2 aliphatic heterocycles. The van der Waals surface area contributed by atoms with Crippen LogP contribution in [-0.2, 0) is 14.2 Å². The lowest BCUT2D eigenvalue weighted by Crippen LogP contribution is -2.38. The number of amides is 4. The molecular formula is C16H30N4O5. The second-order valence-electron chi connectivity index (χ2n) is 6.11. The Morgan fingerprint density at radius 3 is 1.64 bits per heavy atom. The van der Waals surface area contributed by atoms with Gasteiger partial charge in [-0.15, -0.1) is 0 Å². The van der Waals surface area contributed by atoms with Crippen molar-refractivity contribution in [2.75, 3.05) is 52.6 Å². The SMILES string of the molecule is CC(OCCCOCCCOC(C)N1CCNC1=O)N1CCNC1=O. The largest absolute Gasteiger partial charge is 0.381 e. The summed E-state index contributed by atoms with van der Waals surface area (Å²) in [5.41, 5.74) is 0. The summed E-state index contributed by atoms with van der Waals surface area (Å²) in [6.07, 6.45) is 1.15. The Labute approximate surface area is 148 Å². The Morgan fingerprint density at radius 2 is 1.28 bits per heavy atom. The lowest BCUT2D eigenvalue weighted by Gasteiger charge is -2.23. The van der Waals surface area contributed by atoms with Crippen LogP contribution in [0.25, 0.3) is 0 Å². The highest BCUT2D eigenvalue weighted by atomic mass is 16.5. The van der Waals surface area contributed by atoms with Gasteiger partial charge >= 0.3 is 12.1 Å². The highest BCUT2D eigenvalue weighted by Crippen LogP contribution is 2.07. The third-order valence-corrected chi connectivity index (χ3v) is 4.24. The standard InChI is InChI=1S/C16H30N4O5/c1-13(19-7-5-17-15(19)21)24-11-3-9-23-10-4-12-25-14(2)20-8-6-18-16(20)22/h13-14H,3-12H2,1-2H3,(H,17,21)(H,18,22). The van der Waals surface area contributed by atoms with Crippen molar-refractivity contribution in [2.24, 2.45) is 0 Å². The molecule has 2 fully saturated rings. The fourth-order valence-electron chi connectivity index (χ4n) is 2.78. The smallest absolute Gasteiger partial charge is 0.319 e. The van der Waals surface area contributed by atoms with Crippen molar-refractivity contribution in [1.29, 1.82) is 0 Å². The summed E-state index contributed by atoms with van der Waals surface area (Å²) in [5, 5.41) is 5.51. The van der Waals surface area contributed by atoms with E-state index >= 15 is 0 Å². The number of carbonyl (C=O) groups excluding carboxylic acids is 2. The maximum Gasteiger partial charge on any atom is 0.319 e. The number of nitrogens with one attached hydrogen (secondary N) is 2. The zero-order chi connectivity index (χ0) is 18.1. The van der Waals surface area contributed by atoms with E-state index in [1.165, 1.54) is 0 Å². The van der Waals surface area contributed by atoms with Gasteiger partial charge in [-0.25, -0.2) is 9.59 Å². The minimum absolute atomic E-state index is 0.0654. The molecule has 4 amide bonds. The van der Waals surface area contributed by atoms with Gasteiger partial charge in [0.2, 0.25) is 0 Å². The van der Waals surface area contributed by atoms with Crippen LogP contribution in [0.15, 0.2) is 0 Å². The van der Waals surface area contributed by atoms with E-state index in [9.17, 15) is 9.59 Å². The van der Waals surface area contributed by atoms with Gasteiger partial charge in [-0.2, -0.15) is 0 Å². The van der Waals surface area contributed by atoms with Gasteiger partial charge in [0.05, 0.1) is 13.2 Å². The van der Waals surface area contributed by atoms with Gasteiger partial charge < -0.3 is 24.8 Å². The van der Waals surface area contributed by atoms with Gasteiger partial charge in [-0.3, -0.25) is 9.80 Å². The monoisotopic (exact) mass is 358 g/mol. The number of hydrogen-bond donors (Lipinski definition) is 2. The number of hydrogen-bond acceptors (Lipinski definition) is 5. The maximum absolute atomic E-state index is 11.5. The van der Waals surface area contributed by atoms with E-state index in [0.29, 0.717) is 52.6 Å². The van der Waals surface area contributed by atoms with Crippen LogP contribution in [0.4, 0.5) is 9.59 Å². The van der Waals surface area contributed by atoms with E-state index in [1.54, 1.807) is 9.80 Å². The molecule has 2 heterocycles. The molecule has 25 heavy (non-hydrogen) atoms. The third-order valence-electron chi connectivity index (χ3n) is 4.24. The molecule has 0 aliphatic carbocycles. The molecule has 2 unspecified atom stereocenters. The fourth-order valence-corrected chi connectivity index (χ4v) is 2.78. The van der Waals surface area contributed by atoms with E-state index in [4.69, 9.17) is 14.2 Å². The topological polar surface area (TPSA) is 92.4 Å². The van der Waals surface area contributed by atoms with Gasteiger partial charge in [0.25, 0.3) is 0 Å². The number of urea groups is 2. The van der Waals surface area contributed by atoms with Crippen molar-refractivity contribution in [2.45, 2.75) is 39.1 Å². The van der Waals surface area contributed by atoms with Crippen LogP contribution in [0.5, 0.6) is 0 Å². The summed E-state index contributed by atoms with van der Waals surface area (Å²) in [6, 6.07) is -0.131. The first-order valence-electron chi connectivity index (χ1n) is 8.99. The quantitative estimate of drug-likeness (QED) is 0.497. The average Bonchev–Trinajstić information content (AvgIpc) is 3.21. The first-order chi connectivity index (χ1) is 12.1. The van der Waals surface area contributed by atoms with Crippen molar-refractivity contribution in [3.63, 3.8) is 0 Å². The summed E-state index contributed by atoms with van der Waals surface area (Å²) in [5.74, 6) is 0. The van der Waals surface area contributed by atoms with Gasteiger partial charge in [0.1, 0.15) is 12.5 Å². The molecule has 2 atom stereocenters. The van der Waals surface area contributed by atoms with Crippen LogP contribution < -0.4 is 10.6 Å². The van der Waals surface area contributed by atoms with Crippen molar-refractivity contribution < 1.29 is 23.8 Å². The Kier molecular flexibility index (Phi) is 8.23. The van der Waals surface area contributed by atoms with E-state index in [0.717, 1.165) is 12.8 Å². The van der Waals surface area contributed by atoms with Crippen molar-refractivity contribution >= 4 is 12.1 Å². The van der Waals surface area contributed by atoms with Gasteiger partial charge in [0.15, 0.2) is 0 Å². The Balaban J connectivity index is 1.39. The number of ether oxygens (including phenoxy) is 3. The Morgan fingerprint density at radius 1 is 0.840 bits per heavy atom. The fraction of sp³-hybridized carbons (Fsp3) is 0.875. The molecule has 9 heteroatoms. The molecule has 0 radical (unpaired) electrons. The molecule has 144 valence electrons. The van der Waals surface area contributed by atoms with Gasteiger partial charge in [-0.05, 0) is 26.7 Å². The highest BCUT2D eigenvalue weighted by Gasteiger charge is 2.25. The lowest BCUT2D eigenvalue weighted by molar-refractivity contribution is -0.0330. The molecule has 2 rings (SSSR count). The van der Waals surface area contributed by atoms with Crippen molar-refractivity contribution in [3.8, 4) is 0 Å². The minimum Gasteiger partial charge on any atom is -0.381 e. The Bertz CT molecular complexity index is 399. The molecule has 2 N–H and O–H groups in total. The van der Waals surface area contributed by atoms with E-state index in [1.807, 2.05) is 13.8 Å². The summed E-state index contributed by atoms with van der Waals surface area (Å²) in [4.78, 5) is 26.3. The molecule has 0 aromatic heterocycles. The van der Waals surface area contributed by atoms with Gasteiger partial charge in [-0.1, -0.05) is 0 Å². The molecule has 0 saturated carbocycles. The zero-order valence-corrected chi connectivity index (χ0v) is 15.2. The highest BCUT2D eigenvalue weighted by molar-refractivity contribution is 5.76. The molecule has 2 aliphatic rings. The van der Waals surface area contributed by atoms with Crippen molar-refractivity contribution in [1.82, 2.24) is 20.4 Å². The Hall–Kier alpha value is -1.58. The van der Waals surface area contributed by atoms with Crippen LogP contribution in [0, 0.1) is 0 Å². The first-order valence-corrected chi connectivity index (χ1v) is 8.99. The number of rotatable bonds is 12. The van der Waals surface area contributed by atoms with E-state index in [-0.39, 0.29) is 24.5 Å². The van der Waals surface area contributed by atoms with E-state index < -0.39 is 0 Å². The summed E-state index contributed by atoms with van der Waals surface area (Å²) in [6.45, 7) is 8.84. The number of carbonyl (C=O) groups is 2. The maximum atomic E-state index is 11.5. The van der Waals surface area contributed by atoms with Crippen LogP contribution in [0.2, 0.25) is 0 Å². The molecule has 0 aromatic rings. The normalized spacial score (nSPS) is 19.9. The average molecular weight is 358 g/mol. The molecular weight excluding hydrogens is 328 g/mol. The number of nitrogens with zero attached hydrogens (tertiary/aromatic N) is 2. The zero-order valence-electron chi connectivity index (χ0n) is 15.2. The van der Waals surface area contributed by atoms with Crippen LogP contribution in [0.1, 0.15) is 26.7 Å². The predicted octanol–water partition coefficient (Wildman–Crippen LogP) is 0.559. The second-order valence-corrected chi connectivity index (χ2v) is 6.11. The predicted molar refractivity (Wildman–Crippen MR) is 91.1 cm³/mol. The summed E-state index contributed by atoms with van der Waals surface area (Å²) >= 11 is 0. The van der Waals surface area contributed by atoms with Crippen LogP contribution >= 0.6 is 0 Å². The minimum atomic E-state index is -0.208. The molecule has 2 saturated heterocycles. The third kappa shape index (κ3) is 6.33. The molecule has 0 spiro atoms. The molecule has 0 bridgehead atoms. The second kappa shape index (κ2) is 10.4. The van der Waals surface area contributed by atoms with E-state index in [2.05, 4.69) is 10.6 Å². The first kappa shape index (κ1) is 19.7. The lowest BCUT2D eigenvalue weighted by atomic mass is 10.4. The molecule has 9 nitrogen and oxygen atoms in total. The van der Waals surface area contributed by atoms with Crippen LogP contribution in [-0.4, -0.2) is 86.9 Å². The van der Waals surface area contributed by atoms with Crippen LogP contribution in [0.3, 0.4) is 0 Å².